The summed E-state index contributed by atoms with van der Waals surface area (Å²) in [7, 11) is -4.46. The second-order valence-electron chi connectivity index (χ2n) is 7.27. The summed E-state index contributed by atoms with van der Waals surface area (Å²) in [4.78, 5) is 35.2. The van der Waals surface area contributed by atoms with Crippen LogP contribution in [0.2, 0.25) is 5.02 Å². The van der Waals surface area contributed by atoms with E-state index in [4.69, 9.17) is 32.6 Å². The summed E-state index contributed by atoms with van der Waals surface area (Å²) in [6.07, 6.45) is -5.41. The highest BCUT2D eigenvalue weighted by molar-refractivity contribution is 7.89. The molecule has 0 unspecified atom stereocenters. The summed E-state index contributed by atoms with van der Waals surface area (Å²) in [5.41, 5.74) is 10.6. The number of sulfonamides is 1. The van der Waals surface area contributed by atoms with E-state index in [1.807, 2.05) is 4.72 Å². The first-order chi connectivity index (χ1) is 17.8. The van der Waals surface area contributed by atoms with Gasteiger partial charge in [-0.25, -0.2) is 27.8 Å². The molecule has 0 aliphatic heterocycles. The highest BCUT2D eigenvalue weighted by Crippen LogP contribution is 2.22. The summed E-state index contributed by atoms with van der Waals surface area (Å²) in [5, 5.41) is 3.17. The molecule has 5 N–H and O–H groups in total. The topological polar surface area (TPSA) is 182 Å². The highest BCUT2D eigenvalue weighted by atomic mass is 35.5. The molecular weight excluding hydrogens is 561 g/mol. The van der Waals surface area contributed by atoms with E-state index in [1.165, 1.54) is 42.5 Å². The van der Waals surface area contributed by atoms with Crippen LogP contribution in [-0.4, -0.2) is 51.7 Å². The fourth-order valence-corrected chi connectivity index (χ4v) is 4.37. The Balaban J connectivity index is 2.11. The molecule has 0 amide bonds. The SMILES string of the molecule is NC(N)=NOCCCOc1ccc(C[C@H](NS(=O)(=O)c2ccccc2Cl)C(=O)OOC(=O)C(F)(F)F)cc1. The van der Waals surface area contributed by atoms with Gasteiger partial charge in [0.25, 0.3) is 0 Å². The maximum Gasteiger partial charge on any atom is 0.495 e. The zero-order chi connectivity index (χ0) is 28.3. The highest BCUT2D eigenvalue weighted by Gasteiger charge is 2.43. The molecule has 0 aromatic heterocycles. The van der Waals surface area contributed by atoms with E-state index < -0.39 is 45.5 Å². The van der Waals surface area contributed by atoms with Gasteiger partial charge in [-0.1, -0.05) is 35.9 Å². The summed E-state index contributed by atoms with van der Waals surface area (Å²) in [6, 6.07) is 9.38. The maximum absolute atomic E-state index is 12.8. The van der Waals surface area contributed by atoms with Crippen LogP contribution in [0.1, 0.15) is 12.0 Å². The average Bonchev–Trinajstić information content (AvgIpc) is 2.84. The van der Waals surface area contributed by atoms with Crippen molar-refractivity contribution < 1.29 is 50.5 Å². The van der Waals surface area contributed by atoms with Crippen molar-refractivity contribution in [1.82, 2.24) is 4.72 Å². The molecule has 0 saturated heterocycles. The van der Waals surface area contributed by atoms with Gasteiger partial charge in [0.15, 0.2) is 0 Å². The second-order valence-corrected chi connectivity index (χ2v) is 9.36. The van der Waals surface area contributed by atoms with Gasteiger partial charge in [-0.15, -0.1) is 0 Å². The molecule has 2 rings (SSSR count). The van der Waals surface area contributed by atoms with Gasteiger partial charge < -0.3 is 21.0 Å². The molecular formula is C21H22ClF3N4O8S. The molecule has 17 heteroatoms. The lowest BCUT2D eigenvalue weighted by molar-refractivity contribution is -0.286. The van der Waals surface area contributed by atoms with Crippen molar-refractivity contribution in [3.05, 3.63) is 59.1 Å². The van der Waals surface area contributed by atoms with Gasteiger partial charge in [0.05, 0.1) is 11.6 Å². The minimum Gasteiger partial charge on any atom is -0.493 e. The van der Waals surface area contributed by atoms with E-state index in [2.05, 4.69) is 14.9 Å². The molecule has 12 nitrogen and oxygen atoms in total. The molecule has 0 bridgehead atoms. The monoisotopic (exact) mass is 582 g/mol. The number of carbonyl (C=O) groups is 2. The zero-order valence-corrected chi connectivity index (χ0v) is 20.9. The second kappa shape index (κ2) is 13.7. The van der Waals surface area contributed by atoms with Crippen LogP contribution in [0.5, 0.6) is 5.75 Å². The number of nitrogens with one attached hydrogen (secondary N) is 1. The minimum absolute atomic E-state index is 0.180. The van der Waals surface area contributed by atoms with Crippen molar-refractivity contribution in [1.29, 1.82) is 0 Å². The zero-order valence-electron chi connectivity index (χ0n) is 19.3. The van der Waals surface area contributed by atoms with Gasteiger partial charge in [-0.3, -0.25) is 0 Å². The Bertz CT molecular complexity index is 1240. The number of carbonyl (C=O) groups excluding carboxylic acids is 2. The third kappa shape index (κ3) is 9.95. The van der Waals surface area contributed by atoms with Crippen LogP contribution in [0, 0.1) is 0 Å². The molecule has 0 aliphatic rings. The lowest BCUT2D eigenvalue weighted by atomic mass is 10.1. The van der Waals surface area contributed by atoms with E-state index in [1.54, 1.807) is 0 Å². The average molecular weight is 583 g/mol. The Hall–Kier alpha value is -3.76. The van der Waals surface area contributed by atoms with Gasteiger partial charge in [-0.2, -0.15) is 17.9 Å². The van der Waals surface area contributed by atoms with Gasteiger partial charge >= 0.3 is 18.1 Å². The maximum atomic E-state index is 12.8. The number of hydrogen-bond donors (Lipinski definition) is 3. The Morgan fingerprint density at radius 2 is 1.68 bits per heavy atom. The number of benzene rings is 2. The number of nitrogens with two attached hydrogens (primary N) is 2. The Morgan fingerprint density at radius 1 is 1.03 bits per heavy atom. The molecule has 1 atom stereocenters. The van der Waals surface area contributed by atoms with Crippen LogP contribution in [-0.2, 0) is 40.6 Å². The predicted molar refractivity (Wildman–Crippen MR) is 126 cm³/mol. The van der Waals surface area contributed by atoms with Crippen LogP contribution in [0.25, 0.3) is 0 Å². The number of rotatable bonds is 12. The van der Waals surface area contributed by atoms with E-state index in [9.17, 15) is 31.2 Å². The Morgan fingerprint density at radius 3 is 2.29 bits per heavy atom. The molecule has 0 spiro atoms. The number of oxime groups is 1. The number of guanidine groups is 1. The minimum atomic E-state index is -5.44. The smallest absolute Gasteiger partial charge is 0.493 e. The molecule has 0 radical (unpaired) electrons. The normalized spacial score (nSPS) is 12.2. The first kappa shape index (κ1) is 30.5. The number of hydrogen-bond acceptors (Lipinski definition) is 9. The van der Waals surface area contributed by atoms with Gasteiger partial charge in [0.1, 0.15) is 23.3 Å². The molecule has 0 aliphatic carbocycles. The van der Waals surface area contributed by atoms with Crippen LogP contribution >= 0.6 is 11.6 Å². The van der Waals surface area contributed by atoms with Crippen LogP contribution < -0.4 is 20.9 Å². The third-order valence-corrected chi connectivity index (χ3v) is 6.29. The van der Waals surface area contributed by atoms with Crippen LogP contribution in [0.3, 0.4) is 0 Å². The van der Waals surface area contributed by atoms with Crippen molar-refractivity contribution in [2.24, 2.45) is 16.6 Å². The van der Waals surface area contributed by atoms with E-state index in [-0.39, 0.29) is 24.2 Å². The fraction of sp³-hybridized carbons (Fsp3) is 0.286. The molecule has 0 saturated carbocycles. The number of halogens is 4. The standard InChI is InChI=1S/C21H22ClF3N4O8S/c22-15-4-1-2-5-17(15)38(32,33)29-16(18(30)36-37-19(31)21(23,24)25)12-13-6-8-14(9-7-13)34-10-3-11-35-28-20(26)27/h1-2,4-9,16,29H,3,10-12H2,(H4,26,27,28)/t16-/m0/s1. The first-order valence-electron chi connectivity index (χ1n) is 10.5. The summed E-state index contributed by atoms with van der Waals surface area (Å²) in [5.74, 6) is -4.23. The Kier molecular flexibility index (Phi) is 11.0. The Labute approximate surface area is 219 Å². The van der Waals surface area contributed by atoms with E-state index >= 15 is 0 Å². The predicted octanol–water partition coefficient (Wildman–Crippen LogP) is 1.77. The van der Waals surface area contributed by atoms with Crippen molar-refractivity contribution in [2.75, 3.05) is 13.2 Å². The molecule has 2 aromatic carbocycles. The van der Waals surface area contributed by atoms with E-state index in [0.29, 0.717) is 17.7 Å². The molecule has 0 heterocycles. The summed E-state index contributed by atoms with van der Waals surface area (Å²) in [6.45, 7) is 0.417. The van der Waals surface area contributed by atoms with Crippen molar-refractivity contribution in [3.63, 3.8) is 0 Å². The third-order valence-electron chi connectivity index (χ3n) is 4.32. The van der Waals surface area contributed by atoms with Gasteiger partial charge in [0.2, 0.25) is 16.0 Å². The molecule has 2 aromatic rings. The lowest BCUT2D eigenvalue weighted by Gasteiger charge is -2.17. The van der Waals surface area contributed by atoms with Gasteiger partial charge in [0, 0.05) is 6.42 Å². The number of alkyl halides is 3. The van der Waals surface area contributed by atoms with Gasteiger partial charge in [-0.05, 0) is 41.4 Å². The summed E-state index contributed by atoms with van der Waals surface area (Å²) < 4.78 is 70.2. The van der Waals surface area contributed by atoms with Crippen LogP contribution in [0.15, 0.2) is 58.6 Å². The quantitative estimate of drug-likeness (QED) is 0.110. The lowest BCUT2D eigenvalue weighted by Crippen LogP contribution is -2.44. The molecule has 0 fully saturated rings. The molecule has 38 heavy (non-hydrogen) atoms. The van der Waals surface area contributed by atoms with Crippen molar-refractivity contribution in [3.8, 4) is 5.75 Å². The van der Waals surface area contributed by atoms with E-state index in [0.717, 1.165) is 6.07 Å². The number of ether oxygens (including phenoxy) is 1. The molecule has 208 valence electrons. The fourth-order valence-electron chi connectivity index (χ4n) is 2.66. The van der Waals surface area contributed by atoms with Crippen molar-refractivity contribution in [2.45, 2.75) is 30.0 Å². The first-order valence-corrected chi connectivity index (χ1v) is 12.3. The largest absolute Gasteiger partial charge is 0.495 e. The summed E-state index contributed by atoms with van der Waals surface area (Å²) >= 11 is 5.92. The van der Waals surface area contributed by atoms with Crippen LogP contribution in [0.4, 0.5) is 13.2 Å². The number of nitrogens with zero attached hydrogens (tertiary/aromatic N) is 1. The van der Waals surface area contributed by atoms with Crippen molar-refractivity contribution >= 4 is 39.5 Å².